The van der Waals surface area contributed by atoms with E-state index in [9.17, 15) is 0 Å². The van der Waals surface area contributed by atoms with Crippen LogP contribution in [0.3, 0.4) is 0 Å². The van der Waals surface area contributed by atoms with Gasteiger partial charge in [-0.3, -0.25) is 4.90 Å². The number of hydrogen-bond donors (Lipinski definition) is 0. The fraction of sp³-hybridized carbons (Fsp3) is 0.704. The van der Waals surface area contributed by atoms with Crippen molar-refractivity contribution in [2.45, 2.75) is 58.3 Å². The van der Waals surface area contributed by atoms with Crippen LogP contribution >= 0.6 is 0 Å². The molecular formula is C27H41N3O. The molecule has 0 aromatic heterocycles. The molecule has 1 unspecified atom stereocenters. The van der Waals surface area contributed by atoms with Gasteiger partial charge in [-0.15, -0.1) is 0 Å². The molecule has 5 rings (SSSR count). The van der Waals surface area contributed by atoms with Crippen molar-refractivity contribution in [1.29, 1.82) is 0 Å². The maximum Gasteiger partial charge on any atom is 0.144 e. The molecule has 31 heavy (non-hydrogen) atoms. The monoisotopic (exact) mass is 423 g/mol. The lowest BCUT2D eigenvalue weighted by atomic mass is 9.83. The number of nitrogens with zero attached hydrogens (tertiary/aromatic N) is 3. The largest absolute Gasteiger partial charge is 0.489 e. The molecule has 2 heterocycles. The Kier molecular flexibility index (Phi) is 6.45. The van der Waals surface area contributed by atoms with E-state index in [2.05, 4.69) is 46.9 Å². The van der Waals surface area contributed by atoms with Crippen LogP contribution in [0.1, 0.15) is 63.9 Å². The molecule has 1 saturated heterocycles. The van der Waals surface area contributed by atoms with E-state index < -0.39 is 0 Å². The Labute approximate surface area is 189 Å². The number of piperazine rings is 1. The van der Waals surface area contributed by atoms with Crippen molar-refractivity contribution in [2.75, 3.05) is 62.7 Å². The van der Waals surface area contributed by atoms with Crippen molar-refractivity contribution in [2.24, 2.45) is 11.8 Å². The Bertz CT molecular complexity index is 792. The number of unbranched alkanes of at least 4 members (excludes halogenated alkanes) is 1. The normalized spacial score (nSPS) is 24.6. The summed E-state index contributed by atoms with van der Waals surface area (Å²) in [5, 5.41) is 0. The van der Waals surface area contributed by atoms with Gasteiger partial charge in [-0.1, -0.05) is 32.3 Å². The Morgan fingerprint density at radius 1 is 0.968 bits per heavy atom. The van der Waals surface area contributed by atoms with Crippen LogP contribution in [0.25, 0.3) is 5.57 Å². The second-order valence-electron chi connectivity index (χ2n) is 10.4. The van der Waals surface area contributed by atoms with Crippen LogP contribution in [-0.4, -0.2) is 57.8 Å². The molecule has 1 saturated carbocycles. The van der Waals surface area contributed by atoms with Gasteiger partial charge in [0.1, 0.15) is 12.4 Å². The number of ether oxygens (including phenoxy) is 1. The summed E-state index contributed by atoms with van der Waals surface area (Å²) in [6.07, 6.45) is 13.4. The molecular weight excluding hydrogens is 382 g/mol. The summed E-state index contributed by atoms with van der Waals surface area (Å²) >= 11 is 0. The van der Waals surface area contributed by atoms with E-state index in [4.69, 9.17) is 4.74 Å². The average Bonchev–Trinajstić information content (AvgIpc) is 3.62. The van der Waals surface area contributed by atoms with Crippen molar-refractivity contribution >= 4 is 16.9 Å². The number of likely N-dealkylation sites (N-methyl/N-ethyl adjacent to an activating group) is 1. The van der Waals surface area contributed by atoms with Crippen LogP contribution in [0.4, 0.5) is 11.4 Å². The van der Waals surface area contributed by atoms with Crippen LogP contribution in [0.5, 0.6) is 5.75 Å². The Balaban J connectivity index is 1.38. The number of fused-ring (bicyclic) bond motifs is 1. The summed E-state index contributed by atoms with van der Waals surface area (Å²) in [5.41, 5.74) is 5.73. The van der Waals surface area contributed by atoms with Crippen molar-refractivity contribution in [1.82, 2.24) is 4.90 Å². The van der Waals surface area contributed by atoms with Gasteiger partial charge in [0, 0.05) is 57.1 Å². The first kappa shape index (κ1) is 21.2. The molecule has 4 heteroatoms. The SMILES string of the molecule is CCCCC1CC=C(c2cc3c(cc2N2CCN(CC4CC4)CC2)OCCN3C)CC1. The van der Waals surface area contributed by atoms with Crippen LogP contribution in [-0.2, 0) is 0 Å². The van der Waals surface area contributed by atoms with Gasteiger partial charge in [-0.25, -0.2) is 0 Å². The van der Waals surface area contributed by atoms with Gasteiger partial charge < -0.3 is 14.5 Å². The fourth-order valence-corrected chi connectivity index (χ4v) is 5.63. The van der Waals surface area contributed by atoms with Gasteiger partial charge in [-0.2, -0.15) is 0 Å². The van der Waals surface area contributed by atoms with E-state index in [1.165, 1.54) is 87.9 Å². The molecule has 170 valence electrons. The van der Waals surface area contributed by atoms with Crippen molar-refractivity contribution in [3.8, 4) is 5.75 Å². The predicted octanol–water partition coefficient (Wildman–Crippen LogP) is 5.42. The van der Waals surface area contributed by atoms with Crippen LogP contribution in [0, 0.1) is 11.8 Å². The predicted molar refractivity (Wildman–Crippen MR) is 131 cm³/mol. The molecule has 0 radical (unpaired) electrons. The highest BCUT2D eigenvalue weighted by molar-refractivity contribution is 5.83. The van der Waals surface area contributed by atoms with E-state index in [-0.39, 0.29) is 0 Å². The van der Waals surface area contributed by atoms with Gasteiger partial charge in [0.15, 0.2) is 0 Å². The Hall–Kier alpha value is -1.68. The molecule has 1 aromatic carbocycles. The summed E-state index contributed by atoms with van der Waals surface area (Å²) in [4.78, 5) is 7.70. The fourth-order valence-electron chi connectivity index (χ4n) is 5.63. The molecule has 0 amide bonds. The maximum atomic E-state index is 6.11. The highest BCUT2D eigenvalue weighted by Crippen LogP contribution is 2.43. The maximum absolute atomic E-state index is 6.11. The number of allylic oxidation sites excluding steroid dienone is 2. The summed E-state index contributed by atoms with van der Waals surface area (Å²) < 4.78 is 6.11. The van der Waals surface area contributed by atoms with Gasteiger partial charge in [0.25, 0.3) is 0 Å². The topological polar surface area (TPSA) is 19.0 Å². The van der Waals surface area contributed by atoms with E-state index in [1.54, 1.807) is 5.57 Å². The summed E-state index contributed by atoms with van der Waals surface area (Å²) in [6, 6.07) is 4.81. The Morgan fingerprint density at radius 3 is 2.52 bits per heavy atom. The van der Waals surface area contributed by atoms with Gasteiger partial charge >= 0.3 is 0 Å². The van der Waals surface area contributed by atoms with E-state index in [1.807, 2.05) is 0 Å². The molecule has 1 aromatic rings. The molecule has 2 aliphatic heterocycles. The number of anilines is 2. The molecule has 1 atom stereocenters. The summed E-state index contributed by atoms with van der Waals surface area (Å²) in [6.45, 7) is 10.1. The lowest BCUT2D eigenvalue weighted by Crippen LogP contribution is -2.47. The second-order valence-corrected chi connectivity index (χ2v) is 10.4. The first-order valence-electron chi connectivity index (χ1n) is 12.9. The summed E-state index contributed by atoms with van der Waals surface area (Å²) in [7, 11) is 2.21. The van der Waals surface area contributed by atoms with Crippen LogP contribution in [0.15, 0.2) is 18.2 Å². The first-order chi connectivity index (χ1) is 15.2. The van der Waals surface area contributed by atoms with Gasteiger partial charge in [0.05, 0.1) is 12.2 Å². The lowest BCUT2D eigenvalue weighted by Gasteiger charge is -2.39. The van der Waals surface area contributed by atoms with E-state index in [0.717, 1.165) is 43.8 Å². The number of hydrogen-bond acceptors (Lipinski definition) is 4. The zero-order valence-electron chi connectivity index (χ0n) is 19.7. The van der Waals surface area contributed by atoms with Gasteiger partial charge in [0.2, 0.25) is 0 Å². The van der Waals surface area contributed by atoms with Crippen molar-refractivity contribution in [3.05, 3.63) is 23.8 Å². The standard InChI is InChI=1S/C27H41N3O/c1-3-4-5-21-8-10-23(11-9-21)24-18-26-27(31-17-16-28(26)2)19-25(24)30-14-12-29(13-15-30)20-22-6-7-22/h10,18-19,21-22H,3-9,11-17,20H2,1-2H3. The van der Waals surface area contributed by atoms with Crippen molar-refractivity contribution in [3.63, 3.8) is 0 Å². The van der Waals surface area contributed by atoms with Crippen LogP contribution < -0.4 is 14.5 Å². The lowest BCUT2D eigenvalue weighted by molar-refractivity contribution is 0.248. The quantitative estimate of drug-likeness (QED) is 0.583. The van der Waals surface area contributed by atoms with E-state index in [0.29, 0.717) is 0 Å². The van der Waals surface area contributed by atoms with Gasteiger partial charge in [-0.05, 0) is 55.6 Å². The molecule has 0 bridgehead atoms. The molecule has 0 spiro atoms. The number of benzene rings is 1. The molecule has 4 aliphatic rings. The minimum absolute atomic E-state index is 0.791. The highest BCUT2D eigenvalue weighted by atomic mass is 16.5. The van der Waals surface area contributed by atoms with Crippen LogP contribution in [0.2, 0.25) is 0 Å². The zero-order valence-corrected chi connectivity index (χ0v) is 19.7. The first-order valence-corrected chi connectivity index (χ1v) is 12.9. The van der Waals surface area contributed by atoms with Crippen molar-refractivity contribution < 1.29 is 4.74 Å². The smallest absolute Gasteiger partial charge is 0.144 e. The van der Waals surface area contributed by atoms with E-state index >= 15 is 0 Å². The average molecular weight is 424 g/mol. The molecule has 0 N–H and O–H groups in total. The minimum Gasteiger partial charge on any atom is -0.489 e. The zero-order chi connectivity index (χ0) is 21.2. The third-order valence-corrected chi connectivity index (χ3v) is 7.93. The third-order valence-electron chi connectivity index (χ3n) is 7.93. The number of rotatable bonds is 7. The molecule has 4 nitrogen and oxygen atoms in total. The molecule has 2 fully saturated rings. The third kappa shape index (κ3) is 4.89. The second kappa shape index (κ2) is 9.44. The Morgan fingerprint density at radius 2 is 1.81 bits per heavy atom. The minimum atomic E-state index is 0.791. The highest BCUT2D eigenvalue weighted by Gasteiger charge is 2.29. The molecule has 2 aliphatic carbocycles. The summed E-state index contributed by atoms with van der Waals surface area (Å²) in [5.74, 6) is 2.95.